The highest BCUT2D eigenvalue weighted by atomic mass is 127. The molecule has 2 heterocycles. The highest BCUT2D eigenvalue weighted by molar-refractivity contribution is 14.0. The van der Waals surface area contributed by atoms with Crippen LogP contribution in [0.2, 0.25) is 0 Å². The van der Waals surface area contributed by atoms with Crippen molar-refractivity contribution in [2.45, 2.75) is 39.3 Å². The van der Waals surface area contributed by atoms with Crippen LogP contribution in [-0.2, 0) is 11.3 Å². The molecule has 2 aliphatic rings. The quantitative estimate of drug-likeness (QED) is 0.323. The minimum absolute atomic E-state index is 0. The summed E-state index contributed by atoms with van der Waals surface area (Å²) in [7, 11) is 0. The van der Waals surface area contributed by atoms with E-state index in [9.17, 15) is 0 Å². The van der Waals surface area contributed by atoms with E-state index in [1.165, 1.54) is 5.56 Å². The fourth-order valence-electron chi connectivity index (χ4n) is 3.41. The third kappa shape index (κ3) is 7.18. The van der Waals surface area contributed by atoms with E-state index in [0.717, 1.165) is 69.2 Å². The van der Waals surface area contributed by atoms with Gasteiger partial charge in [-0.25, -0.2) is 0 Å². The molecular weight excluding hydrogens is 519 g/mol. The molecule has 27 heavy (non-hydrogen) atoms. The maximum absolute atomic E-state index is 5.33. The van der Waals surface area contributed by atoms with Gasteiger partial charge in [-0.05, 0) is 37.5 Å². The zero-order valence-corrected chi connectivity index (χ0v) is 20.3. The average Bonchev–Trinajstić information content (AvgIpc) is 2.62. The van der Waals surface area contributed by atoms with Crippen LogP contribution in [0.25, 0.3) is 0 Å². The molecule has 2 fully saturated rings. The van der Waals surface area contributed by atoms with Crippen LogP contribution in [-0.4, -0.2) is 56.3 Å². The minimum Gasteiger partial charge on any atom is -0.380 e. The molecule has 152 valence electrons. The lowest BCUT2D eigenvalue weighted by atomic mass is 9.89. The Bertz CT molecular complexity index is 599. The monoisotopic (exact) mass is 550 g/mol. The van der Waals surface area contributed by atoms with Crippen LogP contribution in [0.1, 0.15) is 32.3 Å². The summed E-state index contributed by atoms with van der Waals surface area (Å²) in [6, 6.07) is 9.15. The van der Waals surface area contributed by atoms with E-state index in [2.05, 4.69) is 69.6 Å². The van der Waals surface area contributed by atoms with E-state index in [1.807, 2.05) is 0 Å². The Hall–Kier alpha value is -0.380. The van der Waals surface area contributed by atoms with Gasteiger partial charge >= 0.3 is 0 Å². The number of aliphatic imine (C=N–C) groups is 1. The molecule has 2 saturated heterocycles. The summed E-state index contributed by atoms with van der Waals surface area (Å²) in [5, 5.41) is 7.02. The molecule has 0 aromatic heterocycles. The fraction of sp³-hybridized carbons (Fsp3) is 0.650. The van der Waals surface area contributed by atoms with Crippen LogP contribution in [0, 0.1) is 5.41 Å². The Morgan fingerprint density at radius 3 is 2.48 bits per heavy atom. The Kier molecular flexibility index (Phi) is 9.31. The Labute approximate surface area is 188 Å². The van der Waals surface area contributed by atoms with Crippen LogP contribution >= 0.6 is 39.9 Å². The number of guanidine groups is 1. The summed E-state index contributed by atoms with van der Waals surface area (Å²) >= 11 is 3.50. The Morgan fingerprint density at radius 2 is 1.93 bits per heavy atom. The molecule has 0 bridgehead atoms. The SMILES string of the molecule is CCNC(=NCC1(C)COC1)NC1CCN(Cc2ccc(Br)cc2)CC1.I. The van der Waals surface area contributed by atoms with Crippen LogP contribution < -0.4 is 10.6 Å². The summed E-state index contributed by atoms with van der Waals surface area (Å²) in [5.41, 5.74) is 1.60. The number of ether oxygens (including phenoxy) is 1. The lowest BCUT2D eigenvalue weighted by Crippen LogP contribution is -2.49. The van der Waals surface area contributed by atoms with Gasteiger partial charge in [-0.2, -0.15) is 0 Å². The molecule has 0 atom stereocenters. The maximum atomic E-state index is 5.33. The molecule has 0 aliphatic carbocycles. The predicted octanol–water partition coefficient (Wildman–Crippen LogP) is 3.62. The molecule has 7 heteroatoms. The third-order valence-corrected chi connectivity index (χ3v) is 5.64. The Morgan fingerprint density at radius 1 is 1.26 bits per heavy atom. The molecule has 1 aromatic carbocycles. The second kappa shape index (κ2) is 11.0. The van der Waals surface area contributed by atoms with Crippen molar-refractivity contribution in [3.63, 3.8) is 0 Å². The first kappa shape index (κ1) is 22.9. The molecule has 1 aromatic rings. The van der Waals surface area contributed by atoms with Crippen molar-refractivity contribution < 1.29 is 4.74 Å². The van der Waals surface area contributed by atoms with E-state index in [-0.39, 0.29) is 29.4 Å². The summed E-state index contributed by atoms with van der Waals surface area (Å²) in [4.78, 5) is 7.33. The van der Waals surface area contributed by atoms with Gasteiger partial charge in [0, 0.05) is 42.1 Å². The molecule has 5 nitrogen and oxygen atoms in total. The third-order valence-electron chi connectivity index (χ3n) is 5.11. The predicted molar refractivity (Wildman–Crippen MR) is 126 cm³/mol. The summed E-state index contributed by atoms with van der Waals surface area (Å²) in [6.45, 7) is 11.0. The van der Waals surface area contributed by atoms with Gasteiger partial charge in [0.05, 0.1) is 19.8 Å². The van der Waals surface area contributed by atoms with Crippen LogP contribution in [0.3, 0.4) is 0 Å². The van der Waals surface area contributed by atoms with Gasteiger partial charge in [0.15, 0.2) is 5.96 Å². The van der Waals surface area contributed by atoms with Crippen molar-refractivity contribution in [1.29, 1.82) is 0 Å². The number of rotatable bonds is 6. The molecule has 0 saturated carbocycles. The van der Waals surface area contributed by atoms with E-state index in [0.29, 0.717) is 6.04 Å². The average molecular weight is 551 g/mol. The normalized spacial score (nSPS) is 20.5. The van der Waals surface area contributed by atoms with Gasteiger partial charge in [0.25, 0.3) is 0 Å². The summed E-state index contributed by atoms with van der Waals surface area (Å²) < 4.78 is 6.47. The number of nitrogens with zero attached hydrogens (tertiary/aromatic N) is 2. The lowest BCUT2D eigenvalue weighted by molar-refractivity contribution is -0.0945. The van der Waals surface area contributed by atoms with Crippen LogP contribution in [0.4, 0.5) is 0 Å². The topological polar surface area (TPSA) is 48.9 Å². The van der Waals surface area contributed by atoms with E-state index in [4.69, 9.17) is 9.73 Å². The minimum atomic E-state index is 0. The zero-order valence-electron chi connectivity index (χ0n) is 16.3. The van der Waals surface area contributed by atoms with Crippen molar-refractivity contribution in [3.05, 3.63) is 34.3 Å². The Balaban J connectivity index is 0.00000261. The van der Waals surface area contributed by atoms with Crippen molar-refractivity contribution in [2.24, 2.45) is 10.4 Å². The molecule has 0 spiro atoms. The molecule has 0 amide bonds. The van der Waals surface area contributed by atoms with Gasteiger partial charge in [-0.15, -0.1) is 24.0 Å². The standard InChI is InChI=1S/C20H31BrN4O.HI/c1-3-22-19(23-13-20(2)14-26-15-20)24-18-8-10-25(11-9-18)12-16-4-6-17(21)7-5-16;/h4-7,18H,3,8-15H2,1-2H3,(H2,22,23,24);1H. The molecule has 2 N–H and O–H groups in total. The van der Waals surface area contributed by atoms with Gasteiger partial charge in [-0.1, -0.05) is 35.0 Å². The van der Waals surface area contributed by atoms with E-state index >= 15 is 0 Å². The highest BCUT2D eigenvalue weighted by Gasteiger charge is 2.33. The number of halogens is 2. The van der Waals surface area contributed by atoms with E-state index < -0.39 is 0 Å². The number of nitrogens with one attached hydrogen (secondary N) is 2. The molecule has 2 aliphatic heterocycles. The second-order valence-electron chi connectivity index (χ2n) is 7.82. The van der Waals surface area contributed by atoms with Gasteiger partial charge in [0.2, 0.25) is 0 Å². The number of piperidine rings is 1. The second-order valence-corrected chi connectivity index (χ2v) is 8.74. The van der Waals surface area contributed by atoms with E-state index in [1.54, 1.807) is 0 Å². The van der Waals surface area contributed by atoms with Crippen molar-refractivity contribution >= 4 is 45.9 Å². The van der Waals surface area contributed by atoms with Crippen molar-refractivity contribution in [2.75, 3.05) is 39.4 Å². The number of benzene rings is 1. The van der Waals surface area contributed by atoms with Gasteiger partial charge in [-0.3, -0.25) is 9.89 Å². The number of likely N-dealkylation sites (tertiary alicyclic amines) is 1. The van der Waals surface area contributed by atoms with Gasteiger partial charge < -0.3 is 15.4 Å². The first-order valence-electron chi connectivity index (χ1n) is 9.66. The van der Waals surface area contributed by atoms with Crippen molar-refractivity contribution in [3.8, 4) is 0 Å². The maximum Gasteiger partial charge on any atom is 0.191 e. The first-order chi connectivity index (χ1) is 12.6. The summed E-state index contributed by atoms with van der Waals surface area (Å²) in [5.74, 6) is 0.951. The molecule has 0 radical (unpaired) electrons. The van der Waals surface area contributed by atoms with Crippen LogP contribution in [0.5, 0.6) is 0 Å². The summed E-state index contributed by atoms with van der Waals surface area (Å²) in [6.07, 6.45) is 2.31. The number of hydrogen-bond donors (Lipinski definition) is 2. The molecular formula is C20H32BrIN4O. The molecule has 0 unspecified atom stereocenters. The number of hydrogen-bond acceptors (Lipinski definition) is 3. The van der Waals surface area contributed by atoms with Gasteiger partial charge in [0.1, 0.15) is 0 Å². The van der Waals surface area contributed by atoms with Crippen molar-refractivity contribution in [1.82, 2.24) is 15.5 Å². The zero-order chi connectivity index (χ0) is 18.4. The molecule has 3 rings (SSSR count). The highest BCUT2D eigenvalue weighted by Crippen LogP contribution is 2.26. The largest absolute Gasteiger partial charge is 0.380 e. The first-order valence-corrected chi connectivity index (χ1v) is 10.4. The fourth-order valence-corrected chi connectivity index (χ4v) is 3.67. The lowest BCUT2D eigenvalue weighted by Gasteiger charge is -2.37. The smallest absolute Gasteiger partial charge is 0.191 e. The van der Waals surface area contributed by atoms with Crippen LogP contribution in [0.15, 0.2) is 33.7 Å².